The number of carbonyl (C=O) groups excluding carboxylic acids is 1. The van der Waals surface area contributed by atoms with Crippen LogP contribution in [-0.2, 0) is 0 Å². The highest BCUT2D eigenvalue weighted by atomic mass is 35.5. The Labute approximate surface area is 101 Å². The van der Waals surface area contributed by atoms with Gasteiger partial charge in [0, 0.05) is 4.88 Å². The van der Waals surface area contributed by atoms with Gasteiger partial charge in [0.25, 0.3) is 0 Å². The third-order valence-corrected chi connectivity index (χ3v) is 4.56. The number of hydrogen-bond acceptors (Lipinski definition) is 3. The topological polar surface area (TPSA) is 17.1 Å². The molecule has 0 saturated heterocycles. The first-order valence-electron chi connectivity index (χ1n) is 4.44. The third kappa shape index (κ3) is 2.00. The van der Waals surface area contributed by atoms with Gasteiger partial charge in [0.2, 0.25) is 5.78 Å². The van der Waals surface area contributed by atoms with Crippen molar-refractivity contribution in [1.29, 1.82) is 0 Å². The molecule has 0 saturated carbocycles. The van der Waals surface area contributed by atoms with Crippen LogP contribution < -0.4 is 0 Å². The summed E-state index contributed by atoms with van der Waals surface area (Å²) >= 11 is 8.86. The van der Waals surface area contributed by atoms with E-state index in [4.69, 9.17) is 11.6 Å². The summed E-state index contributed by atoms with van der Waals surface area (Å²) in [7, 11) is 0. The molecule has 0 aliphatic rings. The molecule has 2 aromatic rings. The lowest BCUT2D eigenvalue weighted by molar-refractivity contribution is 0.104. The van der Waals surface area contributed by atoms with Crippen molar-refractivity contribution in [3.05, 3.63) is 42.7 Å². The van der Waals surface area contributed by atoms with E-state index in [2.05, 4.69) is 0 Å². The molecule has 0 spiro atoms. The first kappa shape index (κ1) is 10.9. The van der Waals surface area contributed by atoms with Gasteiger partial charge in [0.15, 0.2) is 0 Å². The predicted molar refractivity (Wildman–Crippen MR) is 66.6 cm³/mol. The van der Waals surface area contributed by atoms with Crippen LogP contribution in [0.1, 0.15) is 25.0 Å². The molecule has 0 unspecified atom stereocenters. The smallest absolute Gasteiger partial charge is 0.214 e. The van der Waals surface area contributed by atoms with Crippen LogP contribution in [0.15, 0.2) is 17.5 Å². The molecular formula is C11H9ClOS2. The van der Waals surface area contributed by atoms with Gasteiger partial charge in [-0.15, -0.1) is 22.7 Å². The van der Waals surface area contributed by atoms with E-state index in [1.54, 1.807) is 6.07 Å². The van der Waals surface area contributed by atoms with E-state index in [1.807, 2.05) is 25.3 Å². The number of halogens is 1. The van der Waals surface area contributed by atoms with Crippen molar-refractivity contribution >= 4 is 40.1 Å². The number of aryl methyl sites for hydroxylation is 2. The molecule has 2 heterocycles. The molecule has 0 radical (unpaired) electrons. The van der Waals surface area contributed by atoms with E-state index < -0.39 is 0 Å². The van der Waals surface area contributed by atoms with Gasteiger partial charge in [-0.25, -0.2) is 0 Å². The third-order valence-electron chi connectivity index (χ3n) is 2.07. The summed E-state index contributed by atoms with van der Waals surface area (Å²) < 4.78 is 0. The van der Waals surface area contributed by atoms with E-state index in [0.29, 0.717) is 9.90 Å². The van der Waals surface area contributed by atoms with Crippen molar-refractivity contribution in [2.75, 3.05) is 0 Å². The molecule has 0 aliphatic carbocycles. The molecule has 0 aliphatic heterocycles. The Hall–Kier alpha value is -0.640. The van der Waals surface area contributed by atoms with E-state index in [9.17, 15) is 4.79 Å². The van der Waals surface area contributed by atoms with Crippen LogP contribution in [0.4, 0.5) is 0 Å². The fraction of sp³-hybridized carbons (Fsp3) is 0.182. The molecule has 0 amide bonds. The monoisotopic (exact) mass is 256 g/mol. The average Bonchev–Trinajstić information content (AvgIpc) is 2.71. The van der Waals surface area contributed by atoms with Crippen LogP contribution in [0.2, 0.25) is 5.02 Å². The summed E-state index contributed by atoms with van der Waals surface area (Å²) in [5, 5.41) is 2.39. The first-order valence-corrected chi connectivity index (χ1v) is 6.51. The highest BCUT2D eigenvalue weighted by Gasteiger charge is 2.18. The molecule has 4 heteroatoms. The Kier molecular flexibility index (Phi) is 2.96. The van der Waals surface area contributed by atoms with Crippen LogP contribution in [0.25, 0.3) is 0 Å². The van der Waals surface area contributed by atoms with E-state index in [-0.39, 0.29) is 5.78 Å². The number of rotatable bonds is 2. The highest BCUT2D eigenvalue weighted by molar-refractivity contribution is 7.17. The molecule has 15 heavy (non-hydrogen) atoms. The Morgan fingerprint density at radius 2 is 2.07 bits per heavy atom. The van der Waals surface area contributed by atoms with Gasteiger partial charge >= 0.3 is 0 Å². The molecular weight excluding hydrogens is 248 g/mol. The maximum Gasteiger partial charge on any atom is 0.214 e. The maximum absolute atomic E-state index is 12.1. The van der Waals surface area contributed by atoms with E-state index in [0.717, 1.165) is 15.3 Å². The zero-order valence-electron chi connectivity index (χ0n) is 8.33. The molecule has 0 bridgehead atoms. The average molecular weight is 257 g/mol. The maximum atomic E-state index is 12.1. The lowest BCUT2D eigenvalue weighted by Gasteiger charge is -1.96. The molecule has 1 nitrogen and oxygen atoms in total. The SMILES string of the molecule is Cc1cc(C)c(C(=O)c2sccc2Cl)s1. The van der Waals surface area contributed by atoms with Crippen molar-refractivity contribution in [2.45, 2.75) is 13.8 Å². The normalized spacial score (nSPS) is 10.6. The van der Waals surface area contributed by atoms with E-state index >= 15 is 0 Å². The number of hydrogen-bond donors (Lipinski definition) is 0. The summed E-state index contributed by atoms with van der Waals surface area (Å²) in [5.41, 5.74) is 1.03. The quantitative estimate of drug-likeness (QED) is 0.732. The zero-order valence-corrected chi connectivity index (χ0v) is 10.7. The molecule has 2 aromatic heterocycles. The van der Waals surface area contributed by atoms with Crippen molar-refractivity contribution in [2.24, 2.45) is 0 Å². The lowest BCUT2D eigenvalue weighted by atomic mass is 10.2. The Morgan fingerprint density at radius 1 is 1.33 bits per heavy atom. The first-order chi connectivity index (χ1) is 7.09. The van der Waals surface area contributed by atoms with Crippen LogP contribution in [0.3, 0.4) is 0 Å². The standard InChI is InChI=1S/C11H9ClOS2/c1-6-5-7(2)15-10(6)9(13)11-8(12)3-4-14-11/h3-5H,1-2H3. The Balaban J connectivity index is 2.45. The van der Waals surface area contributed by atoms with Crippen LogP contribution in [0.5, 0.6) is 0 Å². The van der Waals surface area contributed by atoms with Gasteiger partial charge in [-0.1, -0.05) is 11.6 Å². The van der Waals surface area contributed by atoms with Gasteiger partial charge in [-0.3, -0.25) is 4.79 Å². The van der Waals surface area contributed by atoms with E-state index in [1.165, 1.54) is 22.7 Å². The van der Waals surface area contributed by atoms with Gasteiger partial charge < -0.3 is 0 Å². The Morgan fingerprint density at radius 3 is 2.53 bits per heavy atom. The zero-order chi connectivity index (χ0) is 11.0. The van der Waals surface area contributed by atoms with Gasteiger partial charge in [0.05, 0.1) is 14.8 Å². The number of carbonyl (C=O) groups is 1. The van der Waals surface area contributed by atoms with Crippen molar-refractivity contribution in [3.63, 3.8) is 0 Å². The second-order valence-corrected chi connectivity index (χ2v) is 5.88. The number of ketones is 1. The van der Waals surface area contributed by atoms with Crippen LogP contribution in [0, 0.1) is 13.8 Å². The van der Waals surface area contributed by atoms with Crippen LogP contribution >= 0.6 is 34.3 Å². The summed E-state index contributed by atoms with van der Waals surface area (Å²) in [6.07, 6.45) is 0. The summed E-state index contributed by atoms with van der Waals surface area (Å²) in [5.74, 6) is 0.0469. The fourth-order valence-corrected chi connectivity index (χ4v) is 3.55. The van der Waals surface area contributed by atoms with Gasteiger partial charge in [-0.2, -0.15) is 0 Å². The van der Waals surface area contributed by atoms with Crippen LogP contribution in [-0.4, -0.2) is 5.78 Å². The van der Waals surface area contributed by atoms with Crippen molar-refractivity contribution in [1.82, 2.24) is 0 Å². The van der Waals surface area contributed by atoms with Crippen molar-refractivity contribution in [3.8, 4) is 0 Å². The van der Waals surface area contributed by atoms with Gasteiger partial charge in [0.1, 0.15) is 0 Å². The molecule has 0 fully saturated rings. The summed E-state index contributed by atoms with van der Waals surface area (Å²) in [6.45, 7) is 3.96. The molecule has 0 N–H and O–H groups in total. The predicted octanol–water partition coefficient (Wildman–Crippen LogP) is 4.31. The largest absolute Gasteiger partial charge is 0.287 e. The second kappa shape index (κ2) is 4.08. The fourth-order valence-electron chi connectivity index (χ4n) is 1.43. The summed E-state index contributed by atoms with van der Waals surface area (Å²) in [4.78, 5) is 14.7. The highest BCUT2D eigenvalue weighted by Crippen LogP contribution is 2.29. The van der Waals surface area contributed by atoms with Gasteiger partial charge in [-0.05, 0) is 36.9 Å². The number of thiophene rings is 2. The lowest BCUT2D eigenvalue weighted by Crippen LogP contribution is -1.97. The molecule has 0 atom stereocenters. The second-order valence-electron chi connectivity index (χ2n) is 3.30. The minimum Gasteiger partial charge on any atom is -0.287 e. The molecule has 0 aromatic carbocycles. The molecule has 78 valence electrons. The Bertz CT molecular complexity index is 510. The van der Waals surface area contributed by atoms with Crippen molar-refractivity contribution < 1.29 is 4.79 Å². The summed E-state index contributed by atoms with van der Waals surface area (Å²) in [6, 6.07) is 3.79. The minimum atomic E-state index is 0.0469. The molecule has 2 rings (SSSR count). The minimum absolute atomic E-state index is 0.0469.